The Morgan fingerprint density at radius 3 is 2.24 bits per heavy atom. The third-order valence-corrected chi connectivity index (χ3v) is 5.34. The fraction of sp³-hybridized carbons (Fsp3) is 0.0741. The summed E-state index contributed by atoms with van der Waals surface area (Å²) in [5, 5.41) is 15.9. The highest BCUT2D eigenvalue weighted by Gasteiger charge is 2.24. The Kier molecular flexibility index (Phi) is 6.84. The van der Waals surface area contributed by atoms with Gasteiger partial charge >= 0.3 is 5.97 Å². The van der Waals surface area contributed by atoms with Crippen molar-refractivity contribution in [3.8, 4) is 0 Å². The number of H-pyrrole nitrogens is 1. The van der Waals surface area contributed by atoms with Gasteiger partial charge in [0.1, 0.15) is 11.7 Å². The number of benzene rings is 3. The predicted octanol–water partition coefficient (Wildman–Crippen LogP) is 3.75. The van der Waals surface area contributed by atoms with Gasteiger partial charge in [0.05, 0.1) is 0 Å². The number of nitrogens with one attached hydrogen (secondary N) is 3. The van der Waals surface area contributed by atoms with Crippen LogP contribution in [0, 0.1) is 0 Å². The highest BCUT2D eigenvalue weighted by molar-refractivity contribution is 6.06. The largest absolute Gasteiger partial charge is 0.480 e. The fourth-order valence-electron chi connectivity index (χ4n) is 3.61. The van der Waals surface area contributed by atoms with Gasteiger partial charge in [-0.05, 0) is 35.4 Å². The lowest BCUT2D eigenvalue weighted by Gasteiger charge is -2.17. The zero-order valence-corrected chi connectivity index (χ0v) is 18.2. The molecule has 4 rings (SSSR count). The first-order valence-electron chi connectivity index (χ1n) is 10.7. The highest BCUT2D eigenvalue weighted by Crippen LogP contribution is 2.19. The first-order valence-corrected chi connectivity index (χ1v) is 10.7. The van der Waals surface area contributed by atoms with Crippen LogP contribution in [0.3, 0.4) is 0 Å². The second kappa shape index (κ2) is 10.3. The zero-order valence-electron chi connectivity index (χ0n) is 18.2. The molecule has 170 valence electrons. The van der Waals surface area contributed by atoms with Crippen LogP contribution in [0.25, 0.3) is 17.0 Å². The summed E-state index contributed by atoms with van der Waals surface area (Å²) in [7, 11) is 0. The molecule has 0 aliphatic rings. The molecule has 7 heteroatoms. The van der Waals surface area contributed by atoms with Gasteiger partial charge in [-0.15, -0.1) is 0 Å². The number of fused-ring (bicyclic) bond motifs is 1. The van der Waals surface area contributed by atoms with Crippen LogP contribution in [0.1, 0.15) is 21.5 Å². The maximum absolute atomic E-state index is 13.2. The number of aromatic nitrogens is 1. The Morgan fingerprint density at radius 2 is 1.53 bits per heavy atom. The van der Waals surface area contributed by atoms with E-state index >= 15 is 0 Å². The van der Waals surface area contributed by atoms with E-state index in [1.165, 1.54) is 6.08 Å². The molecule has 1 atom stereocenters. The molecule has 3 aromatic carbocycles. The highest BCUT2D eigenvalue weighted by atomic mass is 16.4. The Bertz CT molecular complexity index is 1340. The predicted molar refractivity (Wildman–Crippen MR) is 130 cm³/mol. The molecular weight excluding hydrogens is 430 g/mol. The third-order valence-electron chi connectivity index (χ3n) is 5.34. The van der Waals surface area contributed by atoms with Crippen molar-refractivity contribution in [3.63, 3.8) is 0 Å². The van der Waals surface area contributed by atoms with Gasteiger partial charge in [0, 0.05) is 29.1 Å². The van der Waals surface area contributed by atoms with E-state index in [0.29, 0.717) is 11.1 Å². The van der Waals surface area contributed by atoms with E-state index in [4.69, 9.17) is 0 Å². The third kappa shape index (κ3) is 5.39. The van der Waals surface area contributed by atoms with Gasteiger partial charge in [0.2, 0.25) is 0 Å². The van der Waals surface area contributed by atoms with Crippen LogP contribution in [0.2, 0.25) is 0 Å². The van der Waals surface area contributed by atoms with E-state index in [-0.39, 0.29) is 12.1 Å². The van der Waals surface area contributed by atoms with Crippen molar-refractivity contribution >= 4 is 34.8 Å². The topological polar surface area (TPSA) is 111 Å². The molecule has 1 aromatic heterocycles. The van der Waals surface area contributed by atoms with Crippen molar-refractivity contribution in [1.82, 2.24) is 15.6 Å². The van der Waals surface area contributed by atoms with Crippen molar-refractivity contribution in [3.05, 3.63) is 114 Å². The molecule has 2 amide bonds. The van der Waals surface area contributed by atoms with Crippen molar-refractivity contribution in [2.75, 3.05) is 0 Å². The number of carbonyl (C=O) groups is 3. The maximum Gasteiger partial charge on any atom is 0.326 e. The quantitative estimate of drug-likeness (QED) is 0.305. The fourth-order valence-corrected chi connectivity index (χ4v) is 3.61. The minimum atomic E-state index is -1.19. The van der Waals surface area contributed by atoms with Crippen LogP contribution in [0.4, 0.5) is 0 Å². The molecule has 0 bridgehead atoms. The summed E-state index contributed by atoms with van der Waals surface area (Å²) in [6, 6.07) is 23.8. The SMILES string of the molecule is O=C(N[C@H](Cc1c[nH]c2ccccc12)C(=O)O)/C(=C/c1ccccc1)NC(=O)c1ccccc1. The number of carbonyl (C=O) groups excluding carboxylic acids is 2. The molecule has 4 N–H and O–H groups in total. The number of carboxylic acids is 1. The first kappa shape index (κ1) is 22.5. The van der Waals surface area contributed by atoms with Crippen molar-refractivity contribution in [1.29, 1.82) is 0 Å². The van der Waals surface area contributed by atoms with Gasteiger partial charge in [-0.1, -0.05) is 66.7 Å². The molecular formula is C27H23N3O4. The van der Waals surface area contributed by atoms with Gasteiger partial charge in [-0.25, -0.2) is 4.79 Å². The minimum Gasteiger partial charge on any atom is -0.480 e. The number of hydrogen-bond acceptors (Lipinski definition) is 3. The lowest BCUT2D eigenvalue weighted by atomic mass is 10.0. The van der Waals surface area contributed by atoms with Gasteiger partial charge in [-0.3, -0.25) is 9.59 Å². The van der Waals surface area contributed by atoms with E-state index in [2.05, 4.69) is 15.6 Å². The molecule has 0 saturated heterocycles. The van der Waals surface area contributed by atoms with E-state index < -0.39 is 23.8 Å². The second-order valence-corrected chi connectivity index (χ2v) is 7.72. The summed E-state index contributed by atoms with van der Waals surface area (Å²) < 4.78 is 0. The lowest BCUT2D eigenvalue weighted by Crippen LogP contribution is -2.45. The number of hydrogen-bond donors (Lipinski definition) is 4. The molecule has 0 saturated carbocycles. The Morgan fingerprint density at radius 1 is 0.882 bits per heavy atom. The number of amides is 2. The number of para-hydroxylation sites is 1. The van der Waals surface area contributed by atoms with Crippen LogP contribution in [-0.4, -0.2) is 33.9 Å². The van der Waals surface area contributed by atoms with Crippen molar-refractivity contribution in [2.45, 2.75) is 12.5 Å². The van der Waals surface area contributed by atoms with E-state index in [1.54, 1.807) is 60.8 Å². The second-order valence-electron chi connectivity index (χ2n) is 7.72. The van der Waals surface area contributed by atoms with Crippen LogP contribution in [-0.2, 0) is 16.0 Å². The molecule has 1 heterocycles. The lowest BCUT2D eigenvalue weighted by molar-refractivity contribution is -0.141. The normalized spacial score (nSPS) is 12.2. The van der Waals surface area contributed by atoms with Crippen LogP contribution in [0.5, 0.6) is 0 Å². The molecule has 0 spiro atoms. The molecule has 0 aliphatic heterocycles. The van der Waals surface area contributed by atoms with Crippen molar-refractivity contribution < 1.29 is 19.5 Å². The molecule has 0 fully saturated rings. The Balaban J connectivity index is 1.58. The summed E-state index contributed by atoms with van der Waals surface area (Å²) >= 11 is 0. The van der Waals surface area contributed by atoms with Gasteiger partial charge in [0.15, 0.2) is 0 Å². The van der Waals surface area contributed by atoms with Crippen molar-refractivity contribution in [2.24, 2.45) is 0 Å². The zero-order chi connectivity index (χ0) is 23.9. The summed E-state index contributed by atoms with van der Waals surface area (Å²) in [5.41, 5.74) is 2.66. The molecule has 7 nitrogen and oxygen atoms in total. The van der Waals surface area contributed by atoms with Crippen LogP contribution >= 0.6 is 0 Å². The number of aliphatic carboxylic acids is 1. The number of aromatic amines is 1. The molecule has 0 radical (unpaired) electrons. The summed E-state index contributed by atoms with van der Waals surface area (Å²) in [5.74, 6) is -2.34. The van der Waals surface area contributed by atoms with E-state index in [1.807, 2.05) is 30.3 Å². The average molecular weight is 453 g/mol. The number of rotatable bonds is 8. The Labute approximate surface area is 196 Å². The minimum absolute atomic E-state index is 0.0507. The molecule has 34 heavy (non-hydrogen) atoms. The summed E-state index contributed by atoms with van der Waals surface area (Å²) in [4.78, 5) is 41.0. The van der Waals surface area contributed by atoms with Gasteiger partial charge < -0.3 is 20.7 Å². The average Bonchev–Trinajstić information content (AvgIpc) is 3.27. The summed E-state index contributed by atoms with van der Waals surface area (Å²) in [6.07, 6.45) is 3.34. The van der Waals surface area contributed by atoms with Crippen LogP contribution in [0.15, 0.2) is 96.8 Å². The molecule has 4 aromatic rings. The summed E-state index contributed by atoms with van der Waals surface area (Å²) in [6.45, 7) is 0. The Hall–Kier alpha value is -4.65. The number of carboxylic acid groups (broad SMARTS) is 1. The van der Waals surface area contributed by atoms with E-state index in [0.717, 1.165) is 16.5 Å². The van der Waals surface area contributed by atoms with Crippen LogP contribution < -0.4 is 10.6 Å². The molecule has 0 aliphatic carbocycles. The molecule has 0 unspecified atom stereocenters. The van der Waals surface area contributed by atoms with Gasteiger partial charge in [0.25, 0.3) is 11.8 Å². The van der Waals surface area contributed by atoms with E-state index in [9.17, 15) is 19.5 Å². The smallest absolute Gasteiger partial charge is 0.326 e. The standard InChI is InChI=1S/C27H23N3O4/c31-25(19-11-5-2-6-12-19)29-23(15-18-9-3-1-4-10-18)26(32)30-24(27(33)34)16-20-17-28-22-14-8-7-13-21(20)22/h1-15,17,24,28H,16H2,(H,29,31)(H,30,32)(H,33,34)/b23-15-/t24-/m1/s1. The van der Waals surface area contributed by atoms with Gasteiger partial charge in [-0.2, -0.15) is 0 Å². The maximum atomic E-state index is 13.2. The monoisotopic (exact) mass is 453 g/mol. The first-order chi connectivity index (χ1) is 16.5.